The van der Waals surface area contributed by atoms with Gasteiger partial charge in [0.15, 0.2) is 5.69 Å². The van der Waals surface area contributed by atoms with Gasteiger partial charge < -0.3 is 10.4 Å². The number of amides is 1. The first-order valence-electron chi connectivity index (χ1n) is 5.01. The highest BCUT2D eigenvalue weighted by Crippen LogP contribution is 1.99. The normalized spacial score (nSPS) is 10.2. The molecule has 0 aliphatic heterocycles. The molecule has 0 aromatic carbocycles. The van der Waals surface area contributed by atoms with Crippen LogP contribution in [0.5, 0.6) is 0 Å². The van der Waals surface area contributed by atoms with Crippen molar-refractivity contribution in [3.05, 3.63) is 11.9 Å². The molecule has 0 saturated heterocycles. The van der Waals surface area contributed by atoms with Crippen LogP contribution < -0.4 is 5.32 Å². The van der Waals surface area contributed by atoms with Gasteiger partial charge in [-0.25, -0.2) is 0 Å². The molecule has 1 aromatic heterocycles. The van der Waals surface area contributed by atoms with Gasteiger partial charge in [-0.1, -0.05) is 12.8 Å². The van der Waals surface area contributed by atoms with Crippen LogP contribution in [-0.4, -0.2) is 32.9 Å². The van der Waals surface area contributed by atoms with Crippen LogP contribution in [0.1, 0.15) is 36.2 Å². The third-order valence-corrected chi connectivity index (χ3v) is 2.44. The van der Waals surface area contributed by atoms with Crippen LogP contribution in [0.25, 0.3) is 0 Å². The molecule has 5 nitrogen and oxygen atoms in total. The largest absolute Gasteiger partial charge is 0.396 e. The predicted molar refractivity (Wildman–Crippen MR) is 57.8 cm³/mol. The van der Waals surface area contributed by atoms with Crippen molar-refractivity contribution in [1.82, 2.24) is 14.1 Å². The lowest BCUT2D eigenvalue weighted by molar-refractivity contribution is 0.0948. The molecular weight excluding hydrogens is 214 g/mol. The first-order chi connectivity index (χ1) is 7.34. The first kappa shape index (κ1) is 12.1. The molecule has 1 rings (SSSR count). The summed E-state index contributed by atoms with van der Waals surface area (Å²) in [6, 6.07) is 0. The Kier molecular flexibility index (Phi) is 5.87. The third kappa shape index (κ3) is 4.85. The zero-order valence-corrected chi connectivity index (χ0v) is 9.29. The van der Waals surface area contributed by atoms with Crippen LogP contribution in [0.15, 0.2) is 6.20 Å². The average Bonchev–Trinajstić information content (AvgIpc) is 2.76. The number of carbonyl (C=O) groups excluding carboxylic acids is 1. The van der Waals surface area contributed by atoms with Gasteiger partial charge in [-0.15, -0.1) is 0 Å². The van der Waals surface area contributed by atoms with E-state index in [4.69, 9.17) is 5.11 Å². The molecule has 0 fully saturated rings. The Bertz CT molecular complexity index is 277. The van der Waals surface area contributed by atoms with Crippen molar-refractivity contribution < 1.29 is 9.90 Å². The molecule has 0 saturated carbocycles. The van der Waals surface area contributed by atoms with Gasteiger partial charge in [0.1, 0.15) is 0 Å². The molecule has 1 aromatic rings. The van der Waals surface area contributed by atoms with E-state index in [-0.39, 0.29) is 12.5 Å². The molecule has 0 aliphatic rings. The minimum absolute atomic E-state index is 0.161. The summed E-state index contributed by atoms with van der Waals surface area (Å²) in [5, 5.41) is 11.3. The van der Waals surface area contributed by atoms with Gasteiger partial charge in [0, 0.05) is 13.2 Å². The number of nitrogens with one attached hydrogen (secondary N) is 1. The number of hydrogen-bond donors (Lipinski definition) is 2. The monoisotopic (exact) mass is 229 g/mol. The van der Waals surface area contributed by atoms with E-state index in [1.807, 2.05) is 0 Å². The van der Waals surface area contributed by atoms with Gasteiger partial charge >= 0.3 is 0 Å². The molecule has 84 valence electrons. The highest BCUT2D eigenvalue weighted by molar-refractivity contribution is 6.99. The molecule has 0 spiro atoms. The number of hydrogen-bond acceptors (Lipinski definition) is 5. The third-order valence-electron chi connectivity index (χ3n) is 1.96. The van der Waals surface area contributed by atoms with E-state index < -0.39 is 0 Å². The lowest BCUT2D eigenvalue weighted by atomic mass is 10.2. The maximum absolute atomic E-state index is 11.3. The second kappa shape index (κ2) is 7.30. The average molecular weight is 229 g/mol. The van der Waals surface area contributed by atoms with Gasteiger partial charge in [-0.3, -0.25) is 4.79 Å². The Morgan fingerprint density at radius 1 is 1.40 bits per heavy atom. The second-order valence-electron chi connectivity index (χ2n) is 3.19. The van der Waals surface area contributed by atoms with Crippen LogP contribution in [0.4, 0.5) is 0 Å². The maximum atomic E-state index is 11.3. The fraction of sp³-hybridized carbons (Fsp3) is 0.667. The van der Waals surface area contributed by atoms with Crippen molar-refractivity contribution in [2.45, 2.75) is 25.7 Å². The molecule has 1 heterocycles. The zero-order valence-electron chi connectivity index (χ0n) is 8.48. The van der Waals surface area contributed by atoms with Crippen molar-refractivity contribution in [3.8, 4) is 0 Å². The molecule has 1 amide bonds. The van der Waals surface area contributed by atoms with Crippen LogP contribution >= 0.6 is 11.7 Å². The highest BCUT2D eigenvalue weighted by atomic mass is 32.1. The summed E-state index contributed by atoms with van der Waals surface area (Å²) >= 11 is 1.03. The zero-order chi connectivity index (χ0) is 10.9. The summed E-state index contributed by atoms with van der Waals surface area (Å²) in [6.45, 7) is 0.901. The van der Waals surface area contributed by atoms with Crippen molar-refractivity contribution in [3.63, 3.8) is 0 Å². The van der Waals surface area contributed by atoms with E-state index in [9.17, 15) is 4.79 Å². The summed E-state index contributed by atoms with van der Waals surface area (Å²) in [4.78, 5) is 11.3. The Balaban J connectivity index is 2.03. The number of unbranched alkanes of at least 4 members (excludes halogenated alkanes) is 3. The first-order valence-corrected chi connectivity index (χ1v) is 5.74. The highest BCUT2D eigenvalue weighted by Gasteiger charge is 2.06. The fourth-order valence-corrected chi connectivity index (χ4v) is 1.56. The van der Waals surface area contributed by atoms with E-state index in [0.29, 0.717) is 12.2 Å². The van der Waals surface area contributed by atoms with Crippen molar-refractivity contribution in [2.75, 3.05) is 13.2 Å². The van der Waals surface area contributed by atoms with Gasteiger partial charge in [0.05, 0.1) is 17.9 Å². The maximum Gasteiger partial charge on any atom is 0.272 e. The van der Waals surface area contributed by atoms with Crippen molar-refractivity contribution in [2.24, 2.45) is 0 Å². The SMILES string of the molecule is O=C(NCCCCCCO)c1cnsn1. The Morgan fingerprint density at radius 2 is 2.20 bits per heavy atom. The van der Waals surface area contributed by atoms with Crippen LogP contribution in [0, 0.1) is 0 Å². The minimum atomic E-state index is -0.161. The van der Waals surface area contributed by atoms with E-state index in [1.165, 1.54) is 6.20 Å². The Hall–Kier alpha value is -1.01. The standard InChI is InChI=1S/C9H15N3O2S/c13-6-4-2-1-3-5-10-9(14)8-7-11-15-12-8/h7,13H,1-6H2,(H,10,14). The smallest absolute Gasteiger partial charge is 0.272 e. The van der Waals surface area contributed by atoms with E-state index in [1.54, 1.807) is 0 Å². The van der Waals surface area contributed by atoms with Crippen molar-refractivity contribution >= 4 is 17.6 Å². The Labute approximate surface area is 92.9 Å². The molecule has 15 heavy (non-hydrogen) atoms. The number of aliphatic hydroxyl groups excluding tert-OH is 1. The topological polar surface area (TPSA) is 75.1 Å². The number of nitrogens with zero attached hydrogens (tertiary/aromatic N) is 2. The molecule has 6 heteroatoms. The lowest BCUT2D eigenvalue weighted by Gasteiger charge is -2.02. The molecule has 0 bridgehead atoms. The van der Waals surface area contributed by atoms with Crippen LogP contribution in [0.2, 0.25) is 0 Å². The number of aromatic nitrogens is 2. The molecular formula is C9H15N3O2S. The van der Waals surface area contributed by atoms with Gasteiger partial charge in [-0.05, 0) is 12.8 Å². The second-order valence-corrected chi connectivity index (χ2v) is 3.74. The van der Waals surface area contributed by atoms with Gasteiger partial charge in [-0.2, -0.15) is 8.75 Å². The number of rotatable bonds is 7. The van der Waals surface area contributed by atoms with Crippen molar-refractivity contribution in [1.29, 1.82) is 0 Å². The molecule has 0 unspecified atom stereocenters. The quantitative estimate of drug-likeness (QED) is 0.679. The number of aliphatic hydroxyl groups is 1. The summed E-state index contributed by atoms with van der Waals surface area (Å²) in [6.07, 6.45) is 5.26. The van der Waals surface area contributed by atoms with Gasteiger partial charge in [0.2, 0.25) is 0 Å². The van der Waals surface area contributed by atoms with E-state index in [0.717, 1.165) is 37.4 Å². The molecule has 0 aliphatic carbocycles. The summed E-state index contributed by atoms with van der Waals surface area (Å²) < 4.78 is 7.58. The summed E-state index contributed by atoms with van der Waals surface area (Å²) in [7, 11) is 0. The predicted octanol–water partition coefficient (Wildman–Crippen LogP) is 0.821. The fourth-order valence-electron chi connectivity index (χ4n) is 1.15. The molecule has 0 radical (unpaired) electrons. The van der Waals surface area contributed by atoms with E-state index >= 15 is 0 Å². The minimum Gasteiger partial charge on any atom is -0.396 e. The molecule has 2 N–H and O–H groups in total. The van der Waals surface area contributed by atoms with E-state index in [2.05, 4.69) is 14.1 Å². The summed E-state index contributed by atoms with van der Waals surface area (Å²) in [5.74, 6) is -0.161. The molecule has 0 atom stereocenters. The lowest BCUT2D eigenvalue weighted by Crippen LogP contribution is -2.24. The van der Waals surface area contributed by atoms with Crippen LogP contribution in [0.3, 0.4) is 0 Å². The Morgan fingerprint density at radius 3 is 2.87 bits per heavy atom. The van der Waals surface area contributed by atoms with Gasteiger partial charge in [0.25, 0.3) is 5.91 Å². The number of carbonyl (C=O) groups is 1. The summed E-state index contributed by atoms with van der Waals surface area (Å²) in [5.41, 5.74) is 0.385. The van der Waals surface area contributed by atoms with Crippen LogP contribution in [-0.2, 0) is 0 Å².